The Morgan fingerprint density at radius 1 is 1.86 bits per heavy atom. The van der Waals surface area contributed by atoms with Crippen LogP contribution in [0.3, 0.4) is 0 Å². The van der Waals surface area contributed by atoms with Gasteiger partial charge in [0.15, 0.2) is 0 Å². The van der Waals surface area contributed by atoms with Gasteiger partial charge in [0, 0.05) is 6.54 Å². The Kier molecular flexibility index (Phi) is 1.19. The van der Waals surface area contributed by atoms with Gasteiger partial charge >= 0.3 is 6.03 Å². The van der Waals surface area contributed by atoms with Gasteiger partial charge in [-0.3, -0.25) is 0 Å². The lowest BCUT2D eigenvalue weighted by Crippen LogP contribution is -2.22. The van der Waals surface area contributed by atoms with Crippen molar-refractivity contribution in [3.05, 3.63) is 0 Å². The predicted octanol–water partition coefficient (Wildman–Crippen LogP) is 0.0202. The van der Waals surface area contributed by atoms with E-state index in [-0.39, 0.29) is 11.0 Å². The summed E-state index contributed by atoms with van der Waals surface area (Å²) < 4.78 is 0. The molecule has 1 unspecified atom stereocenters. The summed E-state index contributed by atoms with van der Waals surface area (Å²) in [6.45, 7) is 0.679. The number of hydrogen-bond acceptors (Lipinski definition) is 1. The van der Waals surface area contributed by atoms with E-state index in [0.717, 1.165) is 0 Å². The van der Waals surface area contributed by atoms with Gasteiger partial charge in [-0.05, 0) is 0 Å². The lowest BCUT2D eigenvalue weighted by Gasteiger charge is -1.90. The molecule has 0 aromatic heterocycles. The molecule has 4 heteroatoms. The highest BCUT2D eigenvalue weighted by Crippen LogP contribution is 1.96. The van der Waals surface area contributed by atoms with Crippen molar-refractivity contribution in [1.82, 2.24) is 10.6 Å². The summed E-state index contributed by atoms with van der Waals surface area (Å²) in [4.78, 5) is 10.3. The highest BCUT2D eigenvalue weighted by molar-refractivity contribution is 9.09. The van der Waals surface area contributed by atoms with Crippen molar-refractivity contribution in [3.63, 3.8) is 0 Å². The predicted molar refractivity (Wildman–Crippen MR) is 29.2 cm³/mol. The van der Waals surface area contributed by atoms with E-state index in [2.05, 4.69) is 26.6 Å². The molecule has 1 aliphatic heterocycles. The molecular weight excluding hydrogens is 160 g/mol. The molecule has 1 fully saturated rings. The number of rotatable bonds is 0. The second-order valence-electron chi connectivity index (χ2n) is 1.32. The first kappa shape index (κ1) is 4.90. The summed E-state index contributed by atoms with van der Waals surface area (Å²) >= 11 is 3.18. The molecule has 0 aliphatic carbocycles. The van der Waals surface area contributed by atoms with Gasteiger partial charge in [0.25, 0.3) is 0 Å². The molecule has 1 aliphatic rings. The van der Waals surface area contributed by atoms with Crippen molar-refractivity contribution in [1.29, 1.82) is 0 Å². The Hall–Kier alpha value is -0.250. The Morgan fingerprint density at radius 2 is 2.57 bits per heavy atom. The molecule has 2 N–H and O–H groups in total. The van der Waals surface area contributed by atoms with Crippen LogP contribution in [0.15, 0.2) is 0 Å². The second kappa shape index (κ2) is 1.69. The first-order valence-corrected chi connectivity index (χ1v) is 2.89. The fourth-order valence-corrected chi connectivity index (χ4v) is 0.796. The minimum atomic E-state index is -0.0955. The van der Waals surface area contributed by atoms with Crippen LogP contribution in [-0.4, -0.2) is 17.5 Å². The van der Waals surface area contributed by atoms with E-state index < -0.39 is 0 Å². The Morgan fingerprint density at radius 3 is 2.71 bits per heavy atom. The fourth-order valence-electron chi connectivity index (χ4n) is 0.427. The van der Waals surface area contributed by atoms with Crippen molar-refractivity contribution < 1.29 is 4.79 Å². The number of hydrogen-bond donors (Lipinski definition) is 2. The van der Waals surface area contributed by atoms with Gasteiger partial charge in [0.1, 0.15) is 4.95 Å². The molecule has 2 amide bonds. The minimum absolute atomic E-state index is 0.0955. The average molecular weight is 165 g/mol. The summed E-state index contributed by atoms with van der Waals surface area (Å²) in [5.74, 6) is 0. The third-order valence-corrected chi connectivity index (χ3v) is 1.28. The molecule has 40 valence electrons. The molecule has 0 spiro atoms. The molecule has 7 heavy (non-hydrogen) atoms. The van der Waals surface area contributed by atoms with Crippen LogP contribution in [0.25, 0.3) is 0 Å². The number of alkyl halides is 1. The molecule has 0 aromatic rings. The van der Waals surface area contributed by atoms with Crippen molar-refractivity contribution >= 4 is 22.0 Å². The molecule has 0 aromatic carbocycles. The monoisotopic (exact) mass is 164 g/mol. The van der Waals surface area contributed by atoms with E-state index in [9.17, 15) is 4.79 Å². The van der Waals surface area contributed by atoms with E-state index in [1.54, 1.807) is 0 Å². The van der Waals surface area contributed by atoms with Gasteiger partial charge in [-0.1, -0.05) is 15.9 Å². The van der Waals surface area contributed by atoms with Crippen LogP contribution < -0.4 is 10.6 Å². The molecule has 1 atom stereocenters. The number of amides is 2. The number of nitrogens with one attached hydrogen (secondary N) is 2. The molecule has 1 saturated heterocycles. The summed E-state index contributed by atoms with van der Waals surface area (Å²) in [7, 11) is 0. The van der Waals surface area contributed by atoms with Crippen LogP contribution >= 0.6 is 15.9 Å². The Bertz CT molecular complexity index is 94.9. The SMILES string of the molecule is O=C1NCC(Br)N1. The van der Waals surface area contributed by atoms with Crippen molar-refractivity contribution in [2.24, 2.45) is 0 Å². The lowest BCUT2D eigenvalue weighted by molar-refractivity contribution is 0.248. The first-order chi connectivity index (χ1) is 3.29. The van der Waals surface area contributed by atoms with Gasteiger partial charge < -0.3 is 10.6 Å². The first-order valence-electron chi connectivity index (χ1n) is 1.97. The summed E-state index contributed by atoms with van der Waals surface area (Å²) in [5.41, 5.74) is 0. The third kappa shape index (κ3) is 1.06. The Balaban J connectivity index is 2.40. The van der Waals surface area contributed by atoms with Crippen LogP contribution in [0.5, 0.6) is 0 Å². The van der Waals surface area contributed by atoms with Crippen molar-refractivity contribution in [2.75, 3.05) is 6.54 Å². The van der Waals surface area contributed by atoms with Gasteiger partial charge in [0.05, 0.1) is 0 Å². The average Bonchev–Trinajstić information content (AvgIpc) is 1.87. The summed E-state index contributed by atoms with van der Waals surface area (Å²) in [6, 6.07) is -0.0955. The van der Waals surface area contributed by atoms with E-state index >= 15 is 0 Å². The normalized spacial score (nSPS) is 29.3. The van der Waals surface area contributed by atoms with Crippen molar-refractivity contribution in [2.45, 2.75) is 4.95 Å². The fraction of sp³-hybridized carbons (Fsp3) is 0.667. The maximum Gasteiger partial charge on any atom is 0.315 e. The molecular formula is C3H5BrN2O. The number of urea groups is 1. The lowest BCUT2D eigenvalue weighted by atomic mass is 10.7. The number of halogens is 1. The van der Waals surface area contributed by atoms with E-state index in [0.29, 0.717) is 6.54 Å². The summed E-state index contributed by atoms with van der Waals surface area (Å²) in [5, 5.41) is 5.16. The largest absolute Gasteiger partial charge is 0.335 e. The number of carbonyl (C=O) groups is 1. The zero-order chi connectivity index (χ0) is 5.28. The summed E-state index contributed by atoms with van der Waals surface area (Å²) in [6.07, 6.45) is 0. The molecule has 1 heterocycles. The topological polar surface area (TPSA) is 41.1 Å². The zero-order valence-electron chi connectivity index (χ0n) is 3.57. The van der Waals surface area contributed by atoms with E-state index in [4.69, 9.17) is 0 Å². The molecule has 0 bridgehead atoms. The van der Waals surface area contributed by atoms with Crippen LogP contribution in [0.4, 0.5) is 4.79 Å². The van der Waals surface area contributed by atoms with Crippen LogP contribution in [0.1, 0.15) is 0 Å². The minimum Gasteiger partial charge on any atom is -0.335 e. The molecule has 1 rings (SSSR count). The van der Waals surface area contributed by atoms with Crippen LogP contribution in [-0.2, 0) is 0 Å². The smallest absolute Gasteiger partial charge is 0.315 e. The highest BCUT2D eigenvalue weighted by atomic mass is 79.9. The maximum absolute atomic E-state index is 10.2. The molecule has 0 radical (unpaired) electrons. The highest BCUT2D eigenvalue weighted by Gasteiger charge is 2.14. The third-order valence-electron chi connectivity index (χ3n) is 0.730. The van der Waals surface area contributed by atoms with Gasteiger partial charge in [0.2, 0.25) is 0 Å². The second-order valence-corrected chi connectivity index (χ2v) is 2.43. The maximum atomic E-state index is 10.2. The zero-order valence-corrected chi connectivity index (χ0v) is 5.16. The van der Waals surface area contributed by atoms with Crippen LogP contribution in [0.2, 0.25) is 0 Å². The van der Waals surface area contributed by atoms with Crippen molar-refractivity contribution in [3.8, 4) is 0 Å². The van der Waals surface area contributed by atoms with Gasteiger partial charge in [-0.15, -0.1) is 0 Å². The Labute approximate surface area is 49.6 Å². The quantitative estimate of drug-likeness (QED) is 0.385. The molecule has 3 nitrogen and oxygen atoms in total. The number of carbonyl (C=O) groups excluding carboxylic acids is 1. The van der Waals surface area contributed by atoms with E-state index in [1.165, 1.54) is 0 Å². The van der Waals surface area contributed by atoms with Gasteiger partial charge in [-0.2, -0.15) is 0 Å². The molecule has 0 saturated carbocycles. The van der Waals surface area contributed by atoms with E-state index in [1.807, 2.05) is 0 Å². The van der Waals surface area contributed by atoms with Crippen LogP contribution in [0, 0.1) is 0 Å². The standard InChI is InChI=1S/C3H5BrN2O/c4-2-1-5-3(7)6-2/h2H,1H2,(H2,5,6,7). The van der Waals surface area contributed by atoms with Gasteiger partial charge in [-0.25, -0.2) is 4.79 Å².